The summed E-state index contributed by atoms with van der Waals surface area (Å²) >= 11 is 0. The lowest BCUT2D eigenvalue weighted by Crippen LogP contribution is -2.50. The van der Waals surface area contributed by atoms with Crippen molar-refractivity contribution in [2.75, 3.05) is 39.1 Å². The van der Waals surface area contributed by atoms with Crippen LogP contribution in [0.3, 0.4) is 0 Å². The molecule has 42 heavy (non-hydrogen) atoms. The third-order valence-electron chi connectivity index (χ3n) is 8.52. The maximum absolute atomic E-state index is 13.7. The smallest absolute Gasteiger partial charge is 0.253 e. The van der Waals surface area contributed by atoms with Crippen molar-refractivity contribution in [3.8, 4) is 11.1 Å². The number of rotatable bonds is 8. The number of hydrogen-bond donors (Lipinski definition) is 2. The number of aromatic nitrogens is 2. The third kappa shape index (κ3) is 7.28. The zero-order valence-electron chi connectivity index (χ0n) is 26.9. The Bertz CT molecular complexity index is 1460. The fraction of sp³-hybridized carbons (Fsp3) is 0.500. The molecule has 1 fully saturated rings. The lowest BCUT2D eigenvalue weighted by atomic mass is 9.94. The molecule has 0 unspecified atom stereocenters. The van der Waals surface area contributed by atoms with Crippen molar-refractivity contribution in [1.82, 2.24) is 25.1 Å². The third-order valence-corrected chi connectivity index (χ3v) is 8.52. The van der Waals surface area contributed by atoms with Crippen LogP contribution in [0, 0.1) is 20.8 Å². The molecule has 1 aromatic carbocycles. The van der Waals surface area contributed by atoms with E-state index in [0.717, 1.165) is 71.8 Å². The number of nitrogens with zero attached hydrogens (tertiary/aromatic N) is 4. The number of carbonyl (C=O) groups is 1. The van der Waals surface area contributed by atoms with Gasteiger partial charge in [-0.15, -0.1) is 0 Å². The minimum atomic E-state index is -0.192. The van der Waals surface area contributed by atoms with Gasteiger partial charge in [0.25, 0.3) is 11.5 Å². The van der Waals surface area contributed by atoms with Gasteiger partial charge in [-0.1, -0.05) is 6.07 Å². The second-order valence-electron chi connectivity index (χ2n) is 13.1. The first-order valence-corrected chi connectivity index (χ1v) is 14.9. The molecular formula is C34H48N6O2. The molecular weight excluding hydrogens is 524 g/mol. The van der Waals surface area contributed by atoms with Gasteiger partial charge in [-0.25, -0.2) is 0 Å². The molecule has 1 saturated heterocycles. The number of aryl methyl sites for hydroxylation is 2. The molecule has 8 heteroatoms. The fourth-order valence-electron chi connectivity index (χ4n) is 5.97. The number of nitrogens with one attached hydrogen (secondary N) is 2. The molecule has 0 atom stereocenters. The first kappa shape index (κ1) is 31.4. The Morgan fingerprint density at radius 3 is 2.31 bits per heavy atom. The molecule has 3 heterocycles. The second kappa shape index (κ2) is 12.8. The molecule has 226 valence electrons. The minimum absolute atomic E-state index is 0.161. The van der Waals surface area contributed by atoms with E-state index in [1.54, 1.807) is 0 Å². The fourth-order valence-corrected chi connectivity index (χ4v) is 5.97. The molecule has 8 nitrogen and oxygen atoms in total. The van der Waals surface area contributed by atoms with E-state index >= 15 is 0 Å². The molecule has 0 radical (unpaired) electrons. The number of aromatic amines is 1. The van der Waals surface area contributed by atoms with E-state index < -0.39 is 0 Å². The van der Waals surface area contributed by atoms with Crippen molar-refractivity contribution in [3.05, 3.63) is 80.5 Å². The van der Waals surface area contributed by atoms with Crippen LogP contribution >= 0.6 is 0 Å². The summed E-state index contributed by atoms with van der Waals surface area (Å²) in [6, 6.07) is 10.6. The van der Waals surface area contributed by atoms with E-state index in [9.17, 15) is 9.59 Å². The summed E-state index contributed by atoms with van der Waals surface area (Å²) in [4.78, 5) is 40.8. The number of H-pyrrole nitrogens is 1. The number of hydrogen-bond acceptors (Lipinski definition) is 6. The van der Waals surface area contributed by atoms with Crippen molar-refractivity contribution in [2.24, 2.45) is 0 Å². The van der Waals surface area contributed by atoms with Crippen LogP contribution in [0.15, 0.2) is 41.3 Å². The highest BCUT2D eigenvalue weighted by molar-refractivity contribution is 5.98. The molecule has 3 aromatic rings. The van der Waals surface area contributed by atoms with Crippen molar-refractivity contribution < 1.29 is 4.79 Å². The number of pyridine rings is 2. The topological polar surface area (TPSA) is 84.6 Å². The number of benzene rings is 1. The van der Waals surface area contributed by atoms with E-state index in [1.807, 2.05) is 59.3 Å². The zero-order valence-corrected chi connectivity index (χ0v) is 26.9. The standard InChI is InChI=1S/C34H48N6O2/c1-22-16-23(2)37-33(42)30(22)20-36-32(41)29-17-26(25-10-11-27(35-19-25)21-38(7)8)18-31(24(29)3)39(9)28-12-14-40(15-13-28)34(4,5)6/h10-11,16-19,28H,12-15,20-21H2,1-9H3,(H,36,41)(H,37,42). The van der Waals surface area contributed by atoms with Crippen LogP contribution in [-0.4, -0.2) is 71.5 Å². The summed E-state index contributed by atoms with van der Waals surface area (Å²) in [6.07, 6.45) is 4.02. The lowest BCUT2D eigenvalue weighted by Gasteiger charge is -2.44. The van der Waals surface area contributed by atoms with Gasteiger partial charge in [-0.05, 0) is 109 Å². The Balaban J connectivity index is 1.67. The molecule has 1 aliphatic rings. The molecule has 0 bridgehead atoms. The summed E-state index contributed by atoms with van der Waals surface area (Å²) in [6.45, 7) is 15.6. The second-order valence-corrected chi connectivity index (χ2v) is 13.1. The maximum Gasteiger partial charge on any atom is 0.253 e. The van der Waals surface area contributed by atoms with Gasteiger partial charge in [0.1, 0.15) is 0 Å². The normalized spacial score (nSPS) is 14.8. The predicted octanol–water partition coefficient (Wildman–Crippen LogP) is 5.05. The van der Waals surface area contributed by atoms with Gasteiger partial charge in [-0.2, -0.15) is 0 Å². The largest absolute Gasteiger partial charge is 0.371 e. The van der Waals surface area contributed by atoms with Crippen LogP contribution < -0.4 is 15.8 Å². The summed E-state index contributed by atoms with van der Waals surface area (Å²) in [5.74, 6) is -0.192. The number of amides is 1. The van der Waals surface area contributed by atoms with Crippen molar-refractivity contribution >= 4 is 11.6 Å². The summed E-state index contributed by atoms with van der Waals surface area (Å²) < 4.78 is 0. The first-order chi connectivity index (χ1) is 19.7. The van der Waals surface area contributed by atoms with Crippen molar-refractivity contribution in [3.63, 3.8) is 0 Å². The van der Waals surface area contributed by atoms with Crippen LogP contribution in [0.4, 0.5) is 5.69 Å². The van der Waals surface area contributed by atoms with Crippen molar-refractivity contribution in [2.45, 2.75) is 79.1 Å². The predicted molar refractivity (Wildman–Crippen MR) is 172 cm³/mol. The molecule has 2 aromatic heterocycles. The van der Waals surface area contributed by atoms with Gasteiger partial charge in [0.2, 0.25) is 0 Å². The molecule has 2 N–H and O–H groups in total. The van der Waals surface area contributed by atoms with E-state index in [2.05, 4.69) is 65.0 Å². The highest BCUT2D eigenvalue weighted by atomic mass is 16.1. The molecule has 0 saturated carbocycles. The lowest BCUT2D eigenvalue weighted by molar-refractivity contribution is 0.0949. The zero-order chi connectivity index (χ0) is 30.8. The molecule has 4 rings (SSSR count). The highest BCUT2D eigenvalue weighted by Crippen LogP contribution is 2.34. The average molecular weight is 573 g/mol. The molecule has 0 aliphatic carbocycles. The number of likely N-dealkylation sites (tertiary alicyclic amines) is 1. The number of anilines is 1. The first-order valence-electron chi connectivity index (χ1n) is 14.9. The summed E-state index contributed by atoms with van der Waals surface area (Å²) in [5, 5.41) is 3.03. The van der Waals surface area contributed by atoms with Gasteiger partial charge < -0.3 is 20.1 Å². The maximum atomic E-state index is 13.7. The Morgan fingerprint density at radius 1 is 1.05 bits per heavy atom. The van der Waals surface area contributed by atoms with Crippen LogP contribution in [0.2, 0.25) is 0 Å². The Hall–Kier alpha value is -3.49. The molecule has 1 amide bonds. The van der Waals surface area contributed by atoms with Gasteiger partial charge in [-0.3, -0.25) is 19.5 Å². The monoisotopic (exact) mass is 572 g/mol. The van der Waals surface area contributed by atoms with Crippen LogP contribution in [0.25, 0.3) is 11.1 Å². The molecule has 1 aliphatic heterocycles. The van der Waals surface area contributed by atoms with E-state index in [0.29, 0.717) is 17.2 Å². The minimum Gasteiger partial charge on any atom is -0.371 e. The Labute approximate surface area is 251 Å². The van der Waals surface area contributed by atoms with Crippen LogP contribution in [-0.2, 0) is 13.1 Å². The quantitative estimate of drug-likeness (QED) is 0.393. The Morgan fingerprint density at radius 2 is 1.74 bits per heavy atom. The van der Waals surface area contributed by atoms with E-state index in [-0.39, 0.29) is 23.6 Å². The van der Waals surface area contributed by atoms with Crippen molar-refractivity contribution in [1.29, 1.82) is 0 Å². The average Bonchev–Trinajstić information content (AvgIpc) is 2.92. The van der Waals surface area contributed by atoms with Gasteiger partial charge in [0.05, 0.1) is 5.69 Å². The van der Waals surface area contributed by atoms with E-state index in [4.69, 9.17) is 4.98 Å². The van der Waals surface area contributed by atoms with Crippen LogP contribution in [0.1, 0.15) is 72.0 Å². The highest BCUT2D eigenvalue weighted by Gasteiger charge is 2.30. The van der Waals surface area contributed by atoms with Gasteiger partial charge in [0.15, 0.2) is 0 Å². The molecule has 0 spiro atoms. The summed E-state index contributed by atoms with van der Waals surface area (Å²) in [5.41, 5.74) is 7.76. The number of carbonyl (C=O) groups excluding carboxylic acids is 1. The van der Waals surface area contributed by atoms with Gasteiger partial charge in [0, 0.05) is 79.1 Å². The summed E-state index contributed by atoms with van der Waals surface area (Å²) in [7, 11) is 6.21. The van der Waals surface area contributed by atoms with Gasteiger partial charge >= 0.3 is 0 Å². The van der Waals surface area contributed by atoms with E-state index in [1.165, 1.54) is 0 Å². The van der Waals surface area contributed by atoms with Crippen LogP contribution in [0.5, 0.6) is 0 Å². The Kier molecular flexibility index (Phi) is 9.58. The number of piperidine rings is 1. The SMILES string of the molecule is Cc1cc(C)c(CNC(=O)c2cc(-c3ccc(CN(C)C)nc3)cc(N(C)C3CCN(C(C)(C)C)CC3)c2C)c(=O)[nH]1.